The third-order valence-corrected chi connectivity index (χ3v) is 3.85. The fraction of sp³-hybridized carbons (Fsp3) is 0.214. The molecule has 0 aliphatic rings. The van der Waals surface area contributed by atoms with Crippen molar-refractivity contribution < 1.29 is 4.79 Å². The Morgan fingerprint density at radius 3 is 3.05 bits per heavy atom. The van der Waals surface area contributed by atoms with Gasteiger partial charge in [-0.05, 0) is 13.0 Å². The van der Waals surface area contributed by atoms with Crippen LogP contribution in [-0.4, -0.2) is 32.4 Å². The van der Waals surface area contributed by atoms with E-state index in [2.05, 4.69) is 25.3 Å². The van der Waals surface area contributed by atoms with Crippen molar-refractivity contribution in [3.05, 3.63) is 46.6 Å². The molecule has 3 aromatic rings. The van der Waals surface area contributed by atoms with Gasteiger partial charge in [0.05, 0.1) is 17.0 Å². The molecule has 0 aromatic carbocycles. The molecule has 0 atom stereocenters. The predicted octanol–water partition coefficient (Wildman–Crippen LogP) is 2.14. The zero-order valence-electron chi connectivity index (χ0n) is 11.5. The second-order valence-electron chi connectivity index (χ2n) is 4.64. The zero-order valence-corrected chi connectivity index (χ0v) is 12.3. The van der Waals surface area contributed by atoms with Crippen LogP contribution in [0, 0.1) is 6.92 Å². The van der Waals surface area contributed by atoms with Crippen molar-refractivity contribution in [1.82, 2.24) is 25.3 Å². The van der Waals surface area contributed by atoms with Crippen LogP contribution in [0.25, 0.3) is 11.3 Å². The summed E-state index contributed by atoms with van der Waals surface area (Å²) in [6, 6.07) is 1.82. The minimum absolute atomic E-state index is 0.118. The smallest absolute Gasteiger partial charge is 0.267 e. The molecule has 0 unspecified atom stereocenters. The molecule has 1 amide bonds. The van der Waals surface area contributed by atoms with E-state index in [4.69, 9.17) is 0 Å². The summed E-state index contributed by atoms with van der Waals surface area (Å²) < 4.78 is 0. The molecule has 3 aromatic heterocycles. The summed E-state index contributed by atoms with van der Waals surface area (Å²) in [5.74, 6) is -0.118. The third kappa shape index (κ3) is 3.19. The molecule has 0 saturated carbocycles. The van der Waals surface area contributed by atoms with Crippen molar-refractivity contribution >= 4 is 17.2 Å². The summed E-state index contributed by atoms with van der Waals surface area (Å²) in [6.45, 7) is 2.52. The average molecular weight is 301 g/mol. The Labute approximate surface area is 125 Å². The SMILES string of the molecule is Cc1nc(-c2c[nH]c(C(=O)NCCc3cnc[nH]3)c2)cs1. The molecule has 21 heavy (non-hydrogen) atoms. The molecule has 0 spiro atoms. The molecule has 0 aliphatic heterocycles. The van der Waals surface area contributed by atoms with E-state index >= 15 is 0 Å². The number of H-pyrrole nitrogens is 2. The van der Waals surface area contributed by atoms with Gasteiger partial charge < -0.3 is 15.3 Å². The van der Waals surface area contributed by atoms with Crippen molar-refractivity contribution in [3.63, 3.8) is 0 Å². The van der Waals surface area contributed by atoms with Gasteiger partial charge in [0, 0.05) is 42.0 Å². The topological polar surface area (TPSA) is 86.5 Å². The van der Waals surface area contributed by atoms with E-state index in [-0.39, 0.29) is 5.91 Å². The van der Waals surface area contributed by atoms with Crippen LogP contribution >= 0.6 is 11.3 Å². The molecule has 3 N–H and O–H groups in total. The molecule has 0 aliphatic carbocycles. The van der Waals surface area contributed by atoms with Crippen LogP contribution in [0.5, 0.6) is 0 Å². The maximum absolute atomic E-state index is 12.0. The molecule has 7 heteroatoms. The minimum Gasteiger partial charge on any atom is -0.357 e. The van der Waals surface area contributed by atoms with Crippen LogP contribution in [0.4, 0.5) is 0 Å². The first kappa shape index (κ1) is 13.6. The van der Waals surface area contributed by atoms with Gasteiger partial charge in [0.1, 0.15) is 5.69 Å². The van der Waals surface area contributed by atoms with Gasteiger partial charge in [-0.1, -0.05) is 0 Å². The van der Waals surface area contributed by atoms with Gasteiger partial charge in [0.25, 0.3) is 5.91 Å². The van der Waals surface area contributed by atoms with E-state index in [1.807, 2.05) is 18.4 Å². The Hall–Kier alpha value is -2.41. The van der Waals surface area contributed by atoms with Crippen LogP contribution in [-0.2, 0) is 6.42 Å². The Kier molecular flexibility index (Phi) is 3.83. The third-order valence-electron chi connectivity index (χ3n) is 3.08. The maximum Gasteiger partial charge on any atom is 0.267 e. The number of rotatable bonds is 5. The molecule has 0 saturated heterocycles. The van der Waals surface area contributed by atoms with E-state index in [0.717, 1.165) is 28.4 Å². The van der Waals surface area contributed by atoms with Crippen LogP contribution in [0.2, 0.25) is 0 Å². The Morgan fingerprint density at radius 2 is 2.33 bits per heavy atom. The quantitative estimate of drug-likeness (QED) is 0.675. The number of carbonyl (C=O) groups is 1. The van der Waals surface area contributed by atoms with Crippen molar-refractivity contribution in [3.8, 4) is 11.3 Å². The highest BCUT2D eigenvalue weighted by Gasteiger charge is 2.10. The summed E-state index contributed by atoms with van der Waals surface area (Å²) >= 11 is 1.59. The number of hydrogen-bond donors (Lipinski definition) is 3. The molecular weight excluding hydrogens is 286 g/mol. The monoisotopic (exact) mass is 301 g/mol. The first-order valence-electron chi connectivity index (χ1n) is 6.59. The van der Waals surface area contributed by atoms with Crippen LogP contribution < -0.4 is 5.32 Å². The van der Waals surface area contributed by atoms with E-state index in [1.165, 1.54) is 0 Å². The number of aromatic nitrogens is 4. The van der Waals surface area contributed by atoms with Gasteiger partial charge in [-0.25, -0.2) is 9.97 Å². The Balaban J connectivity index is 1.59. The fourth-order valence-electron chi connectivity index (χ4n) is 2.00. The molecular formula is C14H15N5OS. The summed E-state index contributed by atoms with van der Waals surface area (Å²) in [6.07, 6.45) is 5.91. The van der Waals surface area contributed by atoms with E-state index < -0.39 is 0 Å². The first-order chi connectivity index (χ1) is 10.2. The zero-order chi connectivity index (χ0) is 14.7. The largest absolute Gasteiger partial charge is 0.357 e. The second-order valence-corrected chi connectivity index (χ2v) is 5.70. The highest BCUT2D eigenvalue weighted by molar-refractivity contribution is 7.09. The van der Waals surface area contributed by atoms with Gasteiger partial charge in [0.2, 0.25) is 0 Å². The highest BCUT2D eigenvalue weighted by atomic mass is 32.1. The van der Waals surface area contributed by atoms with Gasteiger partial charge in [-0.15, -0.1) is 11.3 Å². The number of carbonyl (C=O) groups excluding carboxylic acids is 1. The molecule has 0 fully saturated rings. The average Bonchev–Trinajstić information content (AvgIpc) is 3.19. The molecule has 3 heterocycles. The number of amides is 1. The van der Waals surface area contributed by atoms with Crippen molar-refractivity contribution in [2.75, 3.05) is 6.54 Å². The summed E-state index contributed by atoms with van der Waals surface area (Å²) in [4.78, 5) is 26.4. The summed E-state index contributed by atoms with van der Waals surface area (Å²) in [5, 5.41) is 5.87. The molecule has 0 radical (unpaired) electrons. The normalized spacial score (nSPS) is 10.7. The molecule has 0 bridgehead atoms. The highest BCUT2D eigenvalue weighted by Crippen LogP contribution is 2.22. The maximum atomic E-state index is 12.0. The Bertz CT molecular complexity index is 728. The lowest BCUT2D eigenvalue weighted by molar-refractivity contribution is 0.0949. The molecule has 108 valence electrons. The number of aryl methyl sites for hydroxylation is 1. The number of nitrogens with zero attached hydrogens (tertiary/aromatic N) is 2. The van der Waals surface area contributed by atoms with Crippen molar-refractivity contribution in [2.24, 2.45) is 0 Å². The number of imidazole rings is 1. The minimum atomic E-state index is -0.118. The lowest BCUT2D eigenvalue weighted by Gasteiger charge is -2.01. The van der Waals surface area contributed by atoms with Gasteiger partial charge >= 0.3 is 0 Å². The number of nitrogens with one attached hydrogen (secondary N) is 3. The summed E-state index contributed by atoms with van der Waals surface area (Å²) in [7, 11) is 0. The van der Waals surface area contributed by atoms with Gasteiger partial charge in [-0.2, -0.15) is 0 Å². The Morgan fingerprint density at radius 1 is 1.43 bits per heavy atom. The van der Waals surface area contributed by atoms with Gasteiger partial charge in [-0.3, -0.25) is 4.79 Å². The van der Waals surface area contributed by atoms with E-state index in [1.54, 1.807) is 30.1 Å². The second kappa shape index (κ2) is 5.92. The van der Waals surface area contributed by atoms with Crippen molar-refractivity contribution in [2.45, 2.75) is 13.3 Å². The van der Waals surface area contributed by atoms with E-state index in [9.17, 15) is 4.79 Å². The van der Waals surface area contributed by atoms with Crippen LogP contribution in [0.3, 0.4) is 0 Å². The fourth-order valence-corrected chi connectivity index (χ4v) is 2.62. The predicted molar refractivity (Wildman–Crippen MR) is 81.3 cm³/mol. The summed E-state index contributed by atoms with van der Waals surface area (Å²) in [5.41, 5.74) is 3.36. The number of aromatic amines is 2. The molecule has 6 nitrogen and oxygen atoms in total. The van der Waals surface area contributed by atoms with Crippen molar-refractivity contribution in [1.29, 1.82) is 0 Å². The van der Waals surface area contributed by atoms with Crippen LogP contribution in [0.15, 0.2) is 30.2 Å². The number of hydrogen-bond acceptors (Lipinski definition) is 4. The van der Waals surface area contributed by atoms with Crippen LogP contribution in [0.1, 0.15) is 21.2 Å². The molecule has 3 rings (SSSR count). The van der Waals surface area contributed by atoms with Gasteiger partial charge in [0.15, 0.2) is 0 Å². The lowest BCUT2D eigenvalue weighted by atomic mass is 10.2. The first-order valence-corrected chi connectivity index (χ1v) is 7.47. The van der Waals surface area contributed by atoms with E-state index in [0.29, 0.717) is 12.2 Å². The number of thiazole rings is 1. The standard InChI is InChI=1S/C14H15N5OS/c1-9-19-13(7-21-9)10-4-12(17-5-10)14(20)16-3-2-11-6-15-8-18-11/h4-8,17H,2-3H2,1H3,(H,15,18)(H,16,20). The lowest BCUT2D eigenvalue weighted by Crippen LogP contribution is -2.25.